The Bertz CT molecular complexity index is 876. The molecule has 8 heteroatoms. The number of benzene rings is 2. The molecule has 1 heterocycles. The number of carbonyl (C=O) groups excluding carboxylic acids is 1. The third kappa shape index (κ3) is 3.86. The average molecular weight is 440 g/mol. The summed E-state index contributed by atoms with van der Waals surface area (Å²) in [4.78, 5) is 26.2. The molecule has 1 amide bonds. The number of anilines is 1. The molecule has 5 nitrogen and oxygen atoms in total. The monoisotopic (exact) mass is 439 g/mol. The van der Waals surface area contributed by atoms with Crippen molar-refractivity contribution in [3.63, 3.8) is 0 Å². The second kappa shape index (κ2) is 7.67. The van der Waals surface area contributed by atoms with E-state index in [9.17, 15) is 14.0 Å². The van der Waals surface area contributed by atoms with Crippen LogP contribution in [0.4, 0.5) is 10.1 Å². The van der Waals surface area contributed by atoms with Crippen molar-refractivity contribution in [2.75, 3.05) is 12.0 Å². The highest BCUT2D eigenvalue weighted by molar-refractivity contribution is 9.10. The SMILES string of the molecule is COc1ccc2c(c1)N(Cc1ccc(Br)cc1F)C(=O)C(CC(=O)O)S2. The highest BCUT2D eigenvalue weighted by Gasteiger charge is 2.35. The molecule has 0 saturated heterocycles. The molecule has 0 fully saturated rings. The molecular weight excluding hydrogens is 425 g/mol. The first-order chi connectivity index (χ1) is 12.4. The van der Waals surface area contributed by atoms with Crippen molar-refractivity contribution < 1.29 is 23.8 Å². The van der Waals surface area contributed by atoms with Gasteiger partial charge in [0.2, 0.25) is 5.91 Å². The highest BCUT2D eigenvalue weighted by atomic mass is 79.9. The molecule has 0 aliphatic carbocycles. The molecule has 1 atom stereocenters. The van der Waals surface area contributed by atoms with Crippen LogP contribution in [0.5, 0.6) is 5.75 Å². The fraction of sp³-hybridized carbons (Fsp3) is 0.222. The van der Waals surface area contributed by atoms with Gasteiger partial charge in [-0.2, -0.15) is 0 Å². The number of hydrogen-bond acceptors (Lipinski definition) is 4. The number of aliphatic carboxylic acids is 1. The van der Waals surface area contributed by atoms with Gasteiger partial charge in [-0.25, -0.2) is 4.39 Å². The topological polar surface area (TPSA) is 66.8 Å². The quantitative estimate of drug-likeness (QED) is 0.759. The van der Waals surface area contributed by atoms with Gasteiger partial charge in [0, 0.05) is 21.0 Å². The maximum absolute atomic E-state index is 14.3. The molecule has 0 spiro atoms. The van der Waals surface area contributed by atoms with Gasteiger partial charge >= 0.3 is 5.97 Å². The van der Waals surface area contributed by atoms with E-state index in [0.29, 0.717) is 21.5 Å². The number of ether oxygens (including phenoxy) is 1. The highest BCUT2D eigenvalue weighted by Crippen LogP contribution is 2.43. The predicted molar refractivity (Wildman–Crippen MR) is 100 cm³/mol. The Kier molecular flexibility index (Phi) is 5.52. The molecule has 26 heavy (non-hydrogen) atoms. The number of carbonyl (C=O) groups is 2. The van der Waals surface area contributed by atoms with Crippen LogP contribution in [0.2, 0.25) is 0 Å². The van der Waals surface area contributed by atoms with E-state index in [2.05, 4.69) is 15.9 Å². The standard InChI is InChI=1S/C18H15BrFNO4S/c1-25-12-4-5-15-14(7-12)21(18(24)16(26-15)8-17(22)23)9-10-2-3-11(19)6-13(10)20/h2-7,16H,8-9H2,1H3,(H,22,23). The summed E-state index contributed by atoms with van der Waals surface area (Å²) in [6, 6.07) is 9.86. The third-order valence-electron chi connectivity index (χ3n) is 3.97. The molecule has 0 aromatic heterocycles. The van der Waals surface area contributed by atoms with Gasteiger partial charge < -0.3 is 14.7 Å². The number of fused-ring (bicyclic) bond motifs is 1. The summed E-state index contributed by atoms with van der Waals surface area (Å²) in [6.07, 6.45) is -0.297. The largest absolute Gasteiger partial charge is 0.497 e. The van der Waals surface area contributed by atoms with Crippen molar-refractivity contribution in [3.05, 3.63) is 52.3 Å². The van der Waals surface area contributed by atoms with Crippen molar-refractivity contribution in [2.45, 2.75) is 23.1 Å². The zero-order valence-corrected chi connectivity index (χ0v) is 16.1. The van der Waals surface area contributed by atoms with E-state index in [0.717, 1.165) is 4.90 Å². The first kappa shape index (κ1) is 18.7. The Morgan fingerprint density at radius 2 is 2.12 bits per heavy atom. The number of carboxylic acids is 1. The van der Waals surface area contributed by atoms with Gasteiger partial charge in [0.15, 0.2) is 0 Å². The zero-order chi connectivity index (χ0) is 18.8. The Morgan fingerprint density at radius 3 is 2.77 bits per heavy atom. The molecule has 2 aromatic carbocycles. The average Bonchev–Trinajstić information content (AvgIpc) is 2.59. The molecule has 1 aliphatic rings. The Hall–Kier alpha value is -2.06. The van der Waals surface area contributed by atoms with E-state index in [-0.39, 0.29) is 18.9 Å². The van der Waals surface area contributed by atoms with Crippen molar-refractivity contribution >= 4 is 45.3 Å². The number of halogens is 2. The lowest BCUT2D eigenvalue weighted by atomic mass is 10.1. The van der Waals surface area contributed by atoms with Crippen LogP contribution in [-0.2, 0) is 16.1 Å². The minimum Gasteiger partial charge on any atom is -0.497 e. The molecular formula is C18H15BrFNO4S. The van der Waals surface area contributed by atoms with Crippen molar-refractivity contribution in [1.29, 1.82) is 0 Å². The molecule has 1 aliphatic heterocycles. The maximum atomic E-state index is 14.3. The van der Waals surface area contributed by atoms with Crippen molar-refractivity contribution in [2.24, 2.45) is 0 Å². The van der Waals surface area contributed by atoms with Crippen molar-refractivity contribution in [1.82, 2.24) is 0 Å². The minimum atomic E-state index is -1.05. The fourth-order valence-corrected chi connectivity index (χ4v) is 4.23. The van der Waals surface area contributed by atoms with Crippen LogP contribution in [-0.4, -0.2) is 29.3 Å². The number of thioether (sulfide) groups is 1. The summed E-state index contributed by atoms with van der Waals surface area (Å²) in [6.45, 7) is 0.00872. The Morgan fingerprint density at radius 1 is 1.35 bits per heavy atom. The lowest BCUT2D eigenvalue weighted by Gasteiger charge is -2.33. The molecule has 1 unspecified atom stereocenters. The molecule has 136 valence electrons. The Balaban J connectivity index is 2.02. The predicted octanol–water partition coefficient (Wildman–Crippen LogP) is 4.08. The van der Waals surface area contributed by atoms with Crippen LogP contribution < -0.4 is 9.64 Å². The van der Waals surface area contributed by atoms with E-state index in [1.165, 1.54) is 29.8 Å². The van der Waals surface area contributed by atoms with Gasteiger partial charge in [-0.3, -0.25) is 9.59 Å². The fourth-order valence-electron chi connectivity index (χ4n) is 2.70. The number of hydrogen-bond donors (Lipinski definition) is 1. The van der Waals surface area contributed by atoms with Gasteiger partial charge in [-0.1, -0.05) is 22.0 Å². The first-order valence-electron chi connectivity index (χ1n) is 7.71. The van der Waals surface area contributed by atoms with E-state index < -0.39 is 17.0 Å². The van der Waals surface area contributed by atoms with Crippen LogP contribution in [0, 0.1) is 5.82 Å². The van der Waals surface area contributed by atoms with Crippen LogP contribution in [0.1, 0.15) is 12.0 Å². The van der Waals surface area contributed by atoms with Gasteiger partial charge in [-0.15, -0.1) is 11.8 Å². The number of rotatable bonds is 5. The maximum Gasteiger partial charge on any atom is 0.305 e. The number of carboxylic acid groups (broad SMARTS) is 1. The molecule has 0 saturated carbocycles. The molecule has 1 N–H and O–H groups in total. The van der Waals surface area contributed by atoms with Gasteiger partial charge in [0.25, 0.3) is 0 Å². The van der Waals surface area contributed by atoms with Crippen LogP contribution >= 0.6 is 27.7 Å². The number of amides is 1. The molecule has 0 bridgehead atoms. The minimum absolute atomic E-state index is 0.00872. The number of nitrogens with zero attached hydrogens (tertiary/aromatic N) is 1. The zero-order valence-electron chi connectivity index (χ0n) is 13.7. The second-order valence-electron chi connectivity index (χ2n) is 5.70. The Labute approximate surface area is 162 Å². The van der Waals surface area contributed by atoms with E-state index in [4.69, 9.17) is 9.84 Å². The first-order valence-corrected chi connectivity index (χ1v) is 9.38. The number of methoxy groups -OCH3 is 1. The summed E-state index contributed by atoms with van der Waals surface area (Å²) in [5, 5.41) is 8.34. The summed E-state index contributed by atoms with van der Waals surface area (Å²) >= 11 is 4.41. The van der Waals surface area contributed by atoms with Gasteiger partial charge in [0.05, 0.1) is 31.0 Å². The summed E-state index contributed by atoms with van der Waals surface area (Å²) < 4.78 is 20.1. The van der Waals surface area contributed by atoms with Crippen LogP contribution in [0.3, 0.4) is 0 Å². The van der Waals surface area contributed by atoms with Crippen LogP contribution in [0.25, 0.3) is 0 Å². The van der Waals surface area contributed by atoms with E-state index in [1.54, 1.807) is 30.3 Å². The van der Waals surface area contributed by atoms with E-state index in [1.807, 2.05) is 0 Å². The van der Waals surface area contributed by atoms with E-state index >= 15 is 0 Å². The lowest BCUT2D eigenvalue weighted by molar-refractivity contribution is -0.138. The second-order valence-corrected chi connectivity index (χ2v) is 7.86. The summed E-state index contributed by atoms with van der Waals surface area (Å²) in [5.74, 6) is -1.29. The molecule has 0 radical (unpaired) electrons. The summed E-state index contributed by atoms with van der Waals surface area (Å²) in [5.41, 5.74) is 0.930. The van der Waals surface area contributed by atoms with Crippen molar-refractivity contribution in [3.8, 4) is 5.75 Å². The normalized spacial score (nSPS) is 16.3. The lowest BCUT2D eigenvalue weighted by Crippen LogP contribution is -2.41. The third-order valence-corrected chi connectivity index (χ3v) is 5.72. The van der Waals surface area contributed by atoms with Gasteiger partial charge in [-0.05, 0) is 24.3 Å². The smallest absolute Gasteiger partial charge is 0.305 e. The summed E-state index contributed by atoms with van der Waals surface area (Å²) in [7, 11) is 1.52. The van der Waals surface area contributed by atoms with Gasteiger partial charge in [0.1, 0.15) is 11.6 Å². The molecule has 3 rings (SSSR count). The van der Waals surface area contributed by atoms with Crippen LogP contribution in [0.15, 0.2) is 45.8 Å². The molecule has 2 aromatic rings.